The average Bonchev–Trinajstić information content (AvgIpc) is 3.04. The van der Waals surface area contributed by atoms with E-state index in [-0.39, 0.29) is 32.3 Å². The number of ether oxygens (including phenoxy) is 2. The van der Waals surface area contributed by atoms with Gasteiger partial charge in [0.05, 0.1) is 19.5 Å². The number of rotatable bonds is 35. The first-order valence-corrected chi connectivity index (χ1v) is 20.0. The van der Waals surface area contributed by atoms with E-state index in [9.17, 15) is 14.3 Å². The van der Waals surface area contributed by atoms with Gasteiger partial charge >= 0.3 is 13.8 Å². The van der Waals surface area contributed by atoms with Crippen LogP contribution >= 0.6 is 7.82 Å². The molecular weight excluding hydrogens is 601 g/mol. The van der Waals surface area contributed by atoms with E-state index in [1.54, 1.807) is 6.26 Å². The number of nitrogens with two attached hydrogens (primary N) is 1. The number of carbonyl (C=O) groups excluding carboxylic acids is 1. The predicted octanol–water partition coefficient (Wildman–Crippen LogP) is 10.6. The molecule has 0 radical (unpaired) electrons. The molecule has 1 unspecified atom stereocenters. The Labute approximate surface area is 282 Å². The highest BCUT2D eigenvalue weighted by molar-refractivity contribution is 7.47. The maximum Gasteiger partial charge on any atom is 0.472 e. The quantitative estimate of drug-likeness (QED) is 0.0225. The van der Waals surface area contributed by atoms with Crippen LogP contribution in [0.25, 0.3) is 0 Å². The van der Waals surface area contributed by atoms with Crippen molar-refractivity contribution in [3.8, 4) is 0 Å². The van der Waals surface area contributed by atoms with Crippen molar-refractivity contribution in [2.45, 2.75) is 168 Å². The zero-order chi connectivity index (χ0) is 33.8. The van der Waals surface area contributed by atoms with Crippen LogP contribution in [0.1, 0.15) is 162 Å². The van der Waals surface area contributed by atoms with E-state index in [4.69, 9.17) is 24.3 Å². The number of phosphoric ester groups is 1. The molecule has 0 bridgehead atoms. The second-order valence-corrected chi connectivity index (χ2v) is 13.6. The zero-order valence-electron chi connectivity index (χ0n) is 29.6. The van der Waals surface area contributed by atoms with E-state index in [1.165, 1.54) is 96.3 Å². The fourth-order valence-corrected chi connectivity index (χ4v) is 5.58. The minimum absolute atomic E-state index is 0.0259. The minimum atomic E-state index is -4.29. The van der Waals surface area contributed by atoms with E-state index in [0.717, 1.165) is 44.9 Å². The lowest BCUT2D eigenvalue weighted by atomic mass is 10.1. The van der Waals surface area contributed by atoms with Crippen molar-refractivity contribution < 1.29 is 32.8 Å². The Bertz CT molecular complexity index is 803. The molecule has 0 aliphatic rings. The van der Waals surface area contributed by atoms with Crippen molar-refractivity contribution in [2.24, 2.45) is 5.73 Å². The highest BCUT2D eigenvalue weighted by Crippen LogP contribution is 2.43. The molecule has 2 atom stereocenters. The smallest absolute Gasteiger partial charge is 0.472 e. The molecule has 0 fully saturated rings. The van der Waals surface area contributed by atoms with Gasteiger partial charge in [-0.3, -0.25) is 13.8 Å². The summed E-state index contributed by atoms with van der Waals surface area (Å²) in [6, 6.07) is 0. The van der Waals surface area contributed by atoms with Crippen molar-refractivity contribution in [3.05, 3.63) is 36.6 Å². The highest BCUT2D eigenvalue weighted by atomic mass is 31.2. The second kappa shape index (κ2) is 34.9. The number of unbranched alkanes of at least 4 members (excludes halogenated alkanes) is 18. The van der Waals surface area contributed by atoms with Gasteiger partial charge in [0.1, 0.15) is 6.61 Å². The topological polar surface area (TPSA) is 117 Å². The number of esters is 1. The molecule has 0 aliphatic heterocycles. The molecule has 0 spiro atoms. The van der Waals surface area contributed by atoms with Gasteiger partial charge in [-0.1, -0.05) is 115 Å². The third-order valence-corrected chi connectivity index (χ3v) is 8.58. The molecular formula is C37H70NO7P. The summed E-state index contributed by atoms with van der Waals surface area (Å²) in [5, 5.41) is 0. The van der Waals surface area contributed by atoms with Gasteiger partial charge < -0.3 is 20.1 Å². The van der Waals surface area contributed by atoms with E-state index < -0.39 is 13.9 Å². The Balaban J connectivity index is 4.16. The third-order valence-electron chi connectivity index (χ3n) is 7.59. The summed E-state index contributed by atoms with van der Waals surface area (Å²) in [5.41, 5.74) is 5.34. The third kappa shape index (κ3) is 33.9. The molecule has 0 saturated carbocycles. The first kappa shape index (κ1) is 44.6. The van der Waals surface area contributed by atoms with E-state index in [2.05, 4.69) is 38.2 Å². The molecule has 0 aromatic carbocycles. The van der Waals surface area contributed by atoms with E-state index >= 15 is 0 Å². The van der Waals surface area contributed by atoms with Crippen LogP contribution in [0.15, 0.2) is 36.6 Å². The van der Waals surface area contributed by atoms with Gasteiger partial charge in [-0.15, -0.1) is 0 Å². The van der Waals surface area contributed by atoms with Crippen LogP contribution in [0.4, 0.5) is 0 Å². The highest BCUT2D eigenvalue weighted by Gasteiger charge is 2.25. The number of carbonyl (C=O) groups is 1. The average molecular weight is 672 g/mol. The standard InChI is InChI=1S/C37H70NO7P/c1-3-5-7-9-11-13-15-16-17-18-19-21-23-25-27-29-32-42-34-36(35-44-46(40,41)43-33-31-38)45-37(39)30-28-26-24-22-20-14-12-10-8-6-4-2/h10,12-13,15,29,32,36H,3-9,11,14,16-28,30-31,33-35,38H2,1-2H3,(H,40,41)/t36-/m1/s1. The first-order chi connectivity index (χ1) is 22.4. The molecule has 0 aliphatic carbocycles. The fourth-order valence-electron chi connectivity index (χ4n) is 4.82. The number of phosphoric acid groups is 1. The predicted molar refractivity (Wildman–Crippen MR) is 192 cm³/mol. The molecule has 46 heavy (non-hydrogen) atoms. The van der Waals surface area contributed by atoms with Crippen LogP contribution < -0.4 is 5.73 Å². The Morgan fingerprint density at radius 1 is 0.652 bits per heavy atom. The van der Waals surface area contributed by atoms with Crippen LogP contribution in [0.3, 0.4) is 0 Å². The van der Waals surface area contributed by atoms with Crippen molar-refractivity contribution >= 4 is 13.8 Å². The largest absolute Gasteiger partial charge is 0.498 e. The Morgan fingerprint density at radius 2 is 1.13 bits per heavy atom. The number of hydrogen-bond acceptors (Lipinski definition) is 7. The lowest BCUT2D eigenvalue weighted by Crippen LogP contribution is -2.27. The zero-order valence-corrected chi connectivity index (χ0v) is 30.4. The normalized spacial score (nSPS) is 14.0. The molecule has 8 nitrogen and oxygen atoms in total. The lowest BCUT2D eigenvalue weighted by Gasteiger charge is -2.19. The molecule has 0 heterocycles. The molecule has 0 saturated heterocycles. The molecule has 0 amide bonds. The first-order valence-electron chi connectivity index (χ1n) is 18.5. The van der Waals surface area contributed by atoms with E-state index in [1.807, 2.05) is 6.08 Å². The van der Waals surface area contributed by atoms with Crippen LogP contribution in [-0.4, -0.2) is 43.3 Å². The molecule has 9 heteroatoms. The molecule has 0 aromatic heterocycles. The van der Waals surface area contributed by atoms with Gasteiger partial charge in [-0.05, 0) is 70.3 Å². The van der Waals surface area contributed by atoms with Crippen molar-refractivity contribution in [2.75, 3.05) is 26.4 Å². The van der Waals surface area contributed by atoms with Crippen molar-refractivity contribution in [3.63, 3.8) is 0 Å². The van der Waals surface area contributed by atoms with E-state index in [0.29, 0.717) is 6.42 Å². The molecule has 0 rings (SSSR count). The molecule has 270 valence electrons. The summed E-state index contributed by atoms with van der Waals surface area (Å²) in [4.78, 5) is 22.3. The monoisotopic (exact) mass is 671 g/mol. The van der Waals surface area contributed by atoms with Crippen LogP contribution in [0.2, 0.25) is 0 Å². The van der Waals surface area contributed by atoms with Crippen LogP contribution in [-0.2, 0) is 27.9 Å². The Morgan fingerprint density at radius 3 is 1.67 bits per heavy atom. The maximum atomic E-state index is 12.5. The number of hydrogen-bond donors (Lipinski definition) is 2. The van der Waals surface area contributed by atoms with Crippen LogP contribution in [0, 0.1) is 0 Å². The van der Waals surface area contributed by atoms with Crippen molar-refractivity contribution in [1.82, 2.24) is 0 Å². The summed E-state index contributed by atoms with van der Waals surface area (Å²) in [6.45, 7) is 4.16. The van der Waals surface area contributed by atoms with Gasteiger partial charge in [-0.25, -0.2) is 4.57 Å². The van der Waals surface area contributed by atoms with Gasteiger partial charge in [0.25, 0.3) is 0 Å². The summed E-state index contributed by atoms with van der Waals surface area (Å²) in [7, 11) is -4.29. The fraction of sp³-hybridized carbons (Fsp3) is 0.811. The Hall–Kier alpha value is -1.44. The summed E-state index contributed by atoms with van der Waals surface area (Å²) in [5.74, 6) is -0.367. The SMILES string of the molecule is CCCCC=CCCCCCCCC(=O)O[C@H](COC=CCCCCCCCCC=CCCCCCC)COP(=O)(O)OCCN. The summed E-state index contributed by atoms with van der Waals surface area (Å²) < 4.78 is 33.0. The number of allylic oxidation sites excluding steroid dienone is 5. The Kier molecular flexibility index (Phi) is 33.8. The van der Waals surface area contributed by atoms with Gasteiger partial charge in [0.15, 0.2) is 6.10 Å². The molecule has 0 aromatic rings. The second-order valence-electron chi connectivity index (χ2n) is 12.1. The maximum absolute atomic E-state index is 12.5. The summed E-state index contributed by atoms with van der Waals surface area (Å²) >= 11 is 0. The minimum Gasteiger partial charge on any atom is -0.498 e. The van der Waals surface area contributed by atoms with Crippen LogP contribution in [0.5, 0.6) is 0 Å². The van der Waals surface area contributed by atoms with Gasteiger partial charge in [-0.2, -0.15) is 0 Å². The van der Waals surface area contributed by atoms with Gasteiger partial charge in [0.2, 0.25) is 0 Å². The summed E-state index contributed by atoms with van der Waals surface area (Å²) in [6.07, 6.45) is 38.2. The van der Waals surface area contributed by atoms with Crippen molar-refractivity contribution in [1.29, 1.82) is 0 Å². The molecule has 3 N–H and O–H groups in total. The van der Waals surface area contributed by atoms with Gasteiger partial charge in [0, 0.05) is 13.0 Å². The lowest BCUT2D eigenvalue weighted by molar-refractivity contribution is -0.153.